The highest BCUT2D eigenvalue weighted by Crippen LogP contribution is 2.34. The van der Waals surface area contributed by atoms with Crippen LogP contribution in [-0.4, -0.2) is 40.6 Å². The van der Waals surface area contributed by atoms with Crippen molar-refractivity contribution in [3.63, 3.8) is 0 Å². The first-order chi connectivity index (χ1) is 7.49. The molecule has 0 N–H and O–H groups in total. The minimum absolute atomic E-state index is 0.0539. The van der Waals surface area contributed by atoms with Gasteiger partial charge in [0.2, 0.25) is 5.91 Å². The Hall–Kier alpha value is -0.710. The molecule has 2 unspecified atom stereocenters. The van der Waals surface area contributed by atoms with Crippen molar-refractivity contribution in [2.75, 3.05) is 12.4 Å². The number of hydrogen-bond acceptors (Lipinski definition) is 4. The summed E-state index contributed by atoms with van der Waals surface area (Å²) >= 11 is 1.65. The molecule has 0 bridgehead atoms. The van der Waals surface area contributed by atoms with Crippen LogP contribution >= 0.6 is 11.8 Å². The number of hydrogen-bond donors (Lipinski definition) is 0. The van der Waals surface area contributed by atoms with Crippen LogP contribution in [0.25, 0.3) is 0 Å². The molecular weight excluding hydrogens is 226 g/mol. The van der Waals surface area contributed by atoms with Crippen LogP contribution in [0.4, 0.5) is 0 Å². The minimum atomic E-state index is -0.408. The molecule has 0 radical (unpaired) electrons. The van der Waals surface area contributed by atoms with Crippen molar-refractivity contribution in [1.29, 1.82) is 0 Å². The highest BCUT2D eigenvalue weighted by Gasteiger charge is 2.42. The zero-order valence-corrected chi connectivity index (χ0v) is 11.0. The molecule has 1 saturated heterocycles. The van der Waals surface area contributed by atoms with Crippen LogP contribution in [0, 0.1) is 5.92 Å². The quantitative estimate of drug-likeness (QED) is 0.707. The molecular formula is C11H19NO3S. The molecule has 1 amide bonds. The first-order valence-corrected chi connectivity index (χ1v) is 6.61. The van der Waals surface area contributed by atoms with Gasteiger partial charge in [0.25, 0.3) is 0 Å². The lowest BCUT2D eigenvalue weighted by molar-refractivity contribution is -0.153. The van der Waals surface area contributed by atoms with E-state index >= 15 is 0 Å². The molecule has 5 heteroatoms. The summed E-state index contributed by atoms with van der Waals surface area (Å²) in [7, 11) is 0. The molecule has 0 saturated carbocycles. The third kappa shape index (κ3) is 2.70. The van der Waals surface area contributed by atoms with Gasteiger partial charge in [-0.05, 0) is 12.8 Å². The normalized spacial score (nSPS) is 24.9. The molecule has 0 spiro atoms. The maximum absolute atomic E-state index is 11.7. The summed E-state index contributed by atoms with van der Waals surface area (Å²) in [6.07, 6.45) is 0. The molecule has 2 atom stereocenters. The van der Waals surface area contributed by atoms with Crippen LogP contribution < -0.4 is 0 Å². The number of amides is 1. The van der Waals surface area contributed by atoms with Gasteiger partial charge in [-0.25, -0.2) is 4.79 Å². The Balaban J connectivity index is 2.79. The number of nitrogens with zero attached hydrogens (tertiary/aromatic N) is 1. The molecule has 1 heterocycles. The van der Waals surface area contributed by atoms with Crippen molar-refractivity contribution in [1.82, 2.24) is 4.90 Å². The summed E-state index contributed by atoms with van der Waals surface area (Å²) in [5.41, 5.74) is 0. The first-order valence-electron chi connectivity index (χ1n) is 5.56. The zero-order chi connectivity index (χ0) is 12.3. The van der Waals surface area contributed by atoms with E-state index in [0.29, 0.717) is 18.3 Å². The summed E-state index contributed by atoms with van der Waals surface area (Å²) in [5, 5.41) is 0.0897. The van der Waals surface area contributed by atoms with Gasteiger partial charge in [-0.3, -0.25) is 4.79 Å². The van der Waals surface area contributed by atoms with E-state index in [-0.39, 0.29) is 17.3 Å². The van der Waals surface area contributed by atoms with E-state index in [2.05, 4.69) is 13.8 Å². The van der Waals surface area contributed by atoms with Crippen LogP contribution in [0.2, 0.25) is 0 Å². The highest BCUT2D eigenvalue weighted by molar-refractivity contribution is 8.00. The number of carbonyl (C=O) groups is 2. The average Bonchev–Trinajstić information content (AvgIpc) is 2.61. The molecule has 1 rings (SSSR count). The fraction of sp³-hybridized carbons (Fsp3) is 0.818. The van der Waals surface area contributed by atoms with Crippen molar-refractivity contribution >= 4 is 23.6 Å². The van der Waals surface area contributed by atoms with Crippen molar-refractivity contribution in [2.24, 2.45) is 5.92 Å². The third-order valence-corrected chi connectivity index (χ3v) is 4.15. The highest BCUT2D eigenvalue weighted by atomic mass is 32.2. The summed E-state index contributed by atoms with van der Waals surface area (Å²) in [5.74, 6) is 0.643. The molecule has 1 aliphatic heterocycles. The van der Waals surface area contributed by atoms with E-state index in [1.54, 1.807) is 23.6 Å². The number of thioether (sulfide) groups is 1. The summed E-state index contributed by atoms with van der Waals surface area (Å²) in [6, 6.07) is -0.408. The Bertz CT molecular complexity index is 280. The van der Waals surface area contributed by atoms with Crippen molar-refractivity contribution < 1.29 is 14.3 Å². The lowest BCUT2D eigenvalue weighted by Gasteiger charge is -2.29. The number of ether oxygens (including phenoxy) is 1. The molecule has 0 aliphatic carbocycles. The topological polar surface area (TPSA) is 46.6 Å². The minimum Gasteiger partial charge on any atom is -0.464 e. The van der Waals surface area contributed by atoms with Crippen LogP contribution in [0.5, 0.6) is 0 Å². The molecule has 0 aromatic heterocycles. The standard InChI is InChI=1S/C11H19NO3S/c1-5-15-11(14)9-6-16-10(7(2)3)12(9)8(4)13/h7,9-10H,5-6H2,1-4H3. The summed E-state index contributed by atoms with van der Waals surface area (Å²) < 4.78 is 4.99. The maximum Gasteiger partial charge on any atom is 0.329 e. The second-order valence-corrected chi connectivity index (χ2v) is 5.31. The number of esters is 1. The van der Waals surface area contributed by atoms with E-state index in [1.807, 2.05) is 0 Å². The Morgan fingerprint density at radius 2 is 2.12 bits per heavy atom. The predicted octanol–water partition coefficient (Wildman–Crippen LogP) is 1.50. The number of carbonyl (C=O) groups excluding carboxylic acids is 2. The van der Waals surface area contributed by atoms with Gasteiger partial charge in [-0.1, -0.05) is 13.8 Å². The molecule has 92 valence electrons. The van der Waals surface area contributed by atoms with E-state index in [4.69, 9.17) is 4.74 Å². The van der Waals surface area contributed by atoms with Crippen LogP contribution in [0.3, 0.4) is 0 Å². The second-order valence-electron chi connectivity index (χ2n) is 4.16. The van der Waals surface area contributed by atoms with Gasteiger partial charge in [0.05, 0.1) is 12.0 Å². The average molecular weight is 245 g/mol. The fourth-order valence-electron chi connectivity index (χ4n) is 1.86. The fourth-order valence-corrected chi connectivity index (χ4v) is 3.38. The molecule has 0 aromatic carbocycles. The van der Waals surface area contributed by atoms with Gasteiger partial charge in [0.1, 0.15) is 6.04 Å². The van der Waals surface area contributed by atoms with E-state index < -0.39 is 6.04 Å². The zero-order valence-electron chi connectivity index (χ0n) is 10.2. The Labute approximate surface area is 101 Å². The van der Waals surface area contributed by atoms with E-state index in [9.17, 15) is 9.59 Å². The van der Waals surface area contributed by atoms with Gasteiger partial charge >= 0.3 is 5.97 Å². The Morgan fingerprint density at radius 1 is 1.50 bits per heavy atom. The van der Waals surface area contributed by atoms with E-state index in [0.717, 1.165) is 0 Å². The smallest absolute Gasteiger partial charge is 0.329 e. The monoisotopic (exact) mass is 245 g/mol. The summed E-state index contributed by atoms with van der Waals surface area (Å²) in [4.78, 5) is 24.9. The van der Waals surface area contributed by atoms with Crippen molar-refractivity contribution in [2.45, 2.75) is 39.1 Å². The van der Waals surface area contributed by atoms with Crippen molar-refractivity contribution in [3.8, 4) is 0 Å². The third-order valence-electron chi connectivity index (χ3n) is 2.53. The van der Waals surface area contributed by atoms with Crippen LogP contribution in [0.1, 0.15) is 27.7 Å². The van der Waals surface area contributed by atoms with Crippen molar-refractivity contribution in [3.05, 3.63) is 0 Å². The molecule has 1 aliphatic rings. The van der Waals surface area contributed by atoms with Crippen LogP contribution in [0.15, 0.2) is 0 Å². The van der Waals surface area contributed by atoms with Gasteiger partial charge < -0.3 is 9.64 Å². The first kappa shape index (κ1) is 13.4. The Kier molecular flexibility index (Phi) is 4.65. The van der Waals surface area contributed by atoms with Crippen LogP contribution in [-0.2, 0) is 14.3 Å². The predicted molar refractivity (Wildman–Crippen MR) is 64.0 cm³/mol. The largest absolute Gasteiger partial charge is 0.464 e. The lowest BCUT2D eigenvalue weighted by Crippen LogP contribution is -2.46. The van der Waals surface area contributed by atoms with Gasteiger partial charge in [0, 0.05) is 12.7 Å². The Morgan fingerprint density at radius 3 is 2.56 bits per heavy atom. The van der Waals surface area contributed by atoms with Gasteiger partial charge in [-0.2, -0.15) is 0 Å². The lowest BCUT2D eigenvalue weighted by atomic mass is 10.1. The molecule has 1 fully saturated rings. The SMILES string of the molecule is CCOC(=O)C1CSC(C(C)C)N1C(C)=O. The molecule has 0 aromatic rings. The number of rotatable bonds is 3. The van der Waals surface area contributed by atoms with E-state index in [1.165, 1.54) is 6.92 Å². The summed E-state index contributed by atoms with van der Waals surface area (Å²) in [6.45, 7) is 7.76. The van der Waals surface area contributed by atoms with Gasteiger partial charge in [-0.15, -0.1) is 11.8 Å². The molecule has 16 heavy (non-hydrogen) atoms. The maximum atomic E-state index is 11.7. The molecule has 4 nitrogen and oxygen atoms in total. The van der Waals surface area contributed by atoms with Gasteiger partial charge in [0.15, 0.2) is 0 Å². The second kappa shape index (κ2) is 5.57.